The summed E-state index contributed by atoms with van der Waals surface area (Å²) in [5, 5.41) is 0. The molecule has 0 spiro atoms. The third kappa shape index (κ3) is 2.29. The Balaban J connectivity index is 1.49. The normalized spacial score (nSPS) is 38.6. The quantitative estimate of drug-likeness (QED) is 0.767. The van der Waals surface area contributed by atoms with Crippen LogP contribution in [0.4, 0.5) is 0 Å². The van der Waals surface area contributed by atoms with Crippen LogP contribution in [0.2, 0.25) is 0 Å². The van der Waals surface area contributed by atoms with Gasteiger partial charge in [0.1, 0.15) is 0 Å². The summed E-state index contributed by atoms with van der Waals surface area (Å²) in [7, 11) is 0. The number of ether oxygens (including phenoxy) is 1. The van der Waals surface area contributed by atoms with E-state index >= 15 is 0 Å². The van der Waals surface area contributed by atoms with Gasteiger partial charge in [0, 0.05) is 31.5 Å². The van der Waals surface area contributed by atoms with Crippen LogP contribution in [0.1, 0.15) is 39.0 Å². The van der Waals surface area contributed by atoms with Gasteiger partial charge in [-0.1, -0.05) is 12.8 Å². The summed E-state index contributed by atoms with van der Waals surface area (Å²) < 4.78 is 5.48. The summed E-state index contributed by atoms with van der Waals surface area (Å²) in [6.45, 7) is 5.56. The number of amides is 1. The SMILES string of the molecule is CCOC[C@@H]1CCN(C(=O)C2[C@H]3CCCC[C@@H]23)C1. The highest BCUT2D eigenvalue weighted by Gasteiger charge is 2.56. The number of carbonyl (C=O) groups is 1. The zero-order valence-corrected chi connectivity index (χ0v) is 11.4. The van der Waals surface area contributed by atoms with Gasteiger partial charge in [0.25, 0.3) is 0 Å². The molecule has 0 radical (unpaired) electrons. The van der Waals surface area contributed by atoms with Gasteiger partial charge in [-0.25, -0.2) is 0 Å². The first-order valence-electron chi connectivity index (χ1n) is 7.67. The molecule has 0 bridgehead atoms. The lowest BCUT2D eigenvalue weighted by atomic mass is 10.0. The Morgan fingerprint density at radius 3 is 2.61 bits per heavy atom. The van der Waals surface area contributed by atoms with Gasteiger partial charge < -0.3 is 9.64 Å². The van der Waals surface area contributed by atoms with E-state index < -0.39 is 0 Å². The van der Waals surface area contributed by atoms with Crippen molar-refractivity contribution in [1.82, 2.24) is 4.90 Å². The van der Waals surface area contributed by atoms with Gasteiger partial charge >= 0.3 is 0 Å². The van der Waals surface area contributed by atoms with E-state index in [0.29, 0.717) is 17.7 Å². The van der Waals surface area contributed by atoms with Crippen molar-refractivity contribution in [3.8, 4) is 0 Å². The maximum absolute atomic E-state index is 12.5. The standard InChI is InChI=1S/C15H25NO2/c1-2-18-10-11-7-8-16(9-11)15(17)14-12-5-3-4-6-13(12)14/h11-14H,2-10H2,1H3/t11-,12-,13+,14?/m1/s1. The minimum absolute atomic E-state index is 0.401. The van der Waals surface area contributed by atoms with Crippen molar-refractivity contribution in [2.45, 2.75) is 39.0 Å². The molecule has 1 saturated heterocycles. The van der Waals surface area contributed by atoms with E-state index in [2.05, 4.69) is 4.90 Å². The summed E-state index contributed by atoms with van der Waals surface area (Å²) >= 11 is 0. The van der Waals surface area contributed by atoms with Gasteiger partial charge in [-0.2, -0.15) is 0 Å². The van der Waals surface area contributed by atoms with E-state index in [0.717, 1.165) is 44.6 Å². The average Bonchev–Trinajstić information content (AvgIpc) is 2.94. The molecule has 1 amide bonds. The molecular weight excluding hydrogens is 226 g/mol. The van der Waals surface area contributed by atoms with Crippen molar-refractivity contribution in [2.75, 3.05) is 26.3 Å². The molecule has 1 aliphatic heterocycles. The number of likely N-dealkylation sites (tertiary alicyclic amines) is 1. The molecule has 0 aromatic carbocycles. The predicted octanol–water partition coefficient (Wildman–Crippen LogP) is 2.31. The molecule has 2 aliphatic carbocycles. The Morgan fingerprint density at radius 1 is 1.22 bits per heavy atom. The van der Waals surface area contributed by atoms with E-state index in [1.54, 1.807) is 0 Å². The third-order valence-corrected chi connectivity index (χ3v) is 5.10. The molecule has 3 fully saturated rings. The van der Waals surface area contributed by atoms with E-state index in [9.17, 15) is 4.79 Å². The molecule has 2 saturated carbocycles. The lowest BCUT2D eigenvalue weighted by molar-refractivity contribution is -0.132. The van der Waals surface area contributed by atoms with Crippen LogP contribution in [0.25, 0.3) is 0 Å². The molecule has 1 heterocycles. The second kappa shape index (κ2) is 5.20. The molecule has 1 unspecified atom stereocenters. The largest absolute Gasteiger partial charge is 0.381 e. The molecule has 102 valence electrons. The van der Waals surface area contributed by atoms with Crippen LogP contribution in [0.3, 0.4) is 0 Å². The van der Waals surface area contributed by atoms with E-state index in [-0.39, 0.29) is 0 Å². The smallest absolute Gasteiger partial charge is 0.226 e. The number of hydrogen-bond donors (Lipinski definition) is 0. The summed E-state index contributed by atoms with van der Waals surface area (Å²) in [5.74, 6) is 2.94. The molecular formula is C15H25NO2. The van der Waals surface area contributed by atoms with Crippen molar-refractivity contribution in [1.29, 1.82) is 0 Å². The Labute approximate surface area is 110 Å². The van der Waals surface area contributed by atoms with Gasteiger partial charge in [-0.15, -0.1) is 0 Å². The fourth-order valence-corrected chi connectivity index (χ4v) is 4.02. The number of carbonyl (C=O) groups excluding carboxylic acids is 1. The van der Waals surface area contributed by atoms with Gasteiger partial charge in [0.15, 0.2) is 0 Å². The molecule has 18 heavy (non-hydrogen) atoms. The first-order valence-corrected chi connectivity index (χ1v) is 7.67. The molecule has 4 atom stereocenters. The van der Waals surface area contributed by atoms with Gasteiger partial charge in [0.2, 0.25) is 5.91 Å². The van der Waals surface area contributed by atoms with Crippen molar-refractivity contribution in [3.05, 3.63) is 0 Å². The van der Waals surface area contributed by atoms with Gasteiger partial charge in [-0.3, -0.25) is 4.79 Å². The predicted molar refractivity (Wildman–Crippen MR) is 70.1 cm³/mol. The Kier molecular flexibility index (Phi) is 3.60. The zero-order chi connectivity index (χ0) is 12.5. The fourth-order valence-electron chi connectivity index (χ4n) is 4.02. The highest BCUT2D eigenvalue weighted by Crippen LogP contribution is 2.56. The van der Waals surface area contributed by atoms with Crippen molar-refractivity contribution in [2.24, 2.45) is 23.7 Å². The summed E-state index contributed by atoms with van der Waals surface area (Å²) in [5.41, 5.74) is 0. The van der Waals surface area contributed by atoms with Crippen LogP contribution in [0.5, 0.6) is 0 Å². The molecule has 0 N–H and O–H groups in total. The van der Waals surface area contributed by atoms with E-state index in [1.807, 2.05) is 6.92 Å². The van der Waals surface area contributed by atoms with Gasteiger partial charge in [0.05, 0.1) is 6.61 Å². The average molecular weight is 251 g/mol. The third-order valence-electron chi connectivity index (χ3n) is 5.10. The van der Waals surface area contributed by atoms with Crippen LogP contribution in [-0.2, 0) is 9.53 Å². The van der Waals surface area contributed by atoms with Crippen LogP contribution < -0.4 is 0 Å². The van der Waals surface area contributed by atoms with Crippen LogP contribution in [0.15, 0.2) is 0 Å². The fraction of sp³-hybridized carbons (Fsp3) is 0.933. The maximum Gasteiger partial charge on any atom is 0.226 e. The lowest BCUT2D eigenvalue weighted by Crippen LogP contribution is -2.31. The van der Waals surface area contributed by atoms with Crippen LogP contribution in [0, 0.1) is 23.7 Å². The molecule has 3 aliphatic rings. The second-order valence-corrected chi connectivity index (χ2v) is 6.24. The summed E-state index contributed by atoms with van der Waals surface area (Å²) in [6, 6.07) is 0. The first-order chi connectivity index (χ1) is 8.81. The van der Waals surface area contributed by atoms with E-state index in [4.69, 9.17) is 4.74 Å². The summed E-state index contributed by atoms with van der Waals surface area (Å²) in [4.78, 5) is 14.6. The van der Waals surface area contributed by atoms with Crippen LogP contribution >= 0.6 is 0 Å². The minimum atomic E-state index is 0.401. The Hall–Kier alpha value is -0.570. The topological polar surface area (TPSA) is 29.5 Å². The zero-order valence-electron chi connectivity index (χ0n) is 11.4. The Bertz CT molecular complexity index is 306. The molecule has 3 heteroatoms. The van der Waals surface area contributed by atoms with Gasteiger partial charge in [-0.05, 0) is 38.0 Å². The van der Waals surface area contributed by atoms with Crippen molar-refractivity contribution < 1.29 is 9.53 Å². The molecule has 0 aromatic heterocycles. The molecule has 3 rings (SSSR count). The number of rotatable bonds is 4. The monoisotopic (exact) mass is 251 g/mol. The van der Waals surface area contributed by atoms with Crippen molar-refractivity contribution in [3.63, 3.8) is 0 Å². The molecule has 3 nitrogen and oxygen atoms in total. The highest BCUT2D eigenvalue weighted by molar-refractivity contribution is 5.82. The summed E-state index contributed by atoms with van der Waals surface area (Å²) in [6.07, 6.45) is 6.43. The number of fused-ring (bicyclic) bond motifs is 1. The van der Waals surface area contributed by atoms with Crippen LogP contribution in [-0.4, -0.2) is 37.1 Å². The number of nitrogens with zero attached hydrogens (tertiary/aromatic N) is 1. The second-order valence-electron chi connectivity index (χ2n) is 6.24. The van der Waals surface area contributed by atoms with E-state index in [1.165, 1.54) is 25.7 Å². The minimum Gasteiger partial charge on any atom is -0.381 e. The first kappa shape index (κ1) is 12.5. The van der Waals surface area contributed by atoms with Crippen molar-refractivity contribution >= 4 is 5.91 Å². The maximum atomic E-state index is 12.5. The lowest BCUT2D eigenvalue weighted by Gasteiger charge is -2.16. The Morgan fingerprint density at radius 2 is 1.94 bits per heavy atom. The number of hydrogen-bond acceptors (Lipinski definition) is 2. The highest BCUT2D eigenvalue weighted by atomic mass is 16.5. The molecule has 0 aromatic rings.